The van der Waals surface area contributed by atoms with Crippen molar-refractivity contribution in [3.05, 3.63) is 45.1 Å². The Balaban J connectivity index is 2.77. The standard InChI is InChI=1S/C13H11Cl2N3/c1-7-8(2)18(13(17)10(7)6-16)12-4-3-9(14)5-11(12)15/h3-5H,17H2,1-2H3. The van der Waals surface area contributed by atoms with E-state index in [-0.39, 0.29) is 0 Å². The number of hydrogen-bond donors (Lipinski definition) is 1. The molecule has 18 heavy (non-hydrogen) atoms. The zero-order valence-corrected chi connectivity index (χ0v) is 11.5. The molecule has 0 atom stereocenters. The second-order valence-corrected chi connectivity index (χ2v) is 4.86. The number of halogens is 2. The normalized spacial score (nSPS) is 10.4. The van der Waals surface area contributed by atoms with E-state index in [2.05, 4.69) is 6.07 Å². The number of nitrogens with two attached hydrogens (primary N) is 1. The molecule has 92 valence electrons. The summed E-state index contributed by atoms with van der Waals surface area (Å²) in [4.78, 5) is 0. The summed E-state index contributed by atoms with van der Waals surface area (Å²) in [5, 5.41) is 10.2. The molecule has 0 radical (unpaired) electrons. The van der Waals surface area contributed by atoms with Gasteiger partial charge in [-0.15, -0.1) is 0 Å². The Bertz CT molecular complexity index is 666. The van der Waals surface area contributed by atoms with Crippen LogP contribution in [0, 0.1) is 25.2 Å². The molecule has 3 nitrogen and oxygen atoms in total. The molecule has 0 saturated carbocycles. The third-order valence-corrected chi connectivity index (χ3v) is 3.55. The number of anilines is 1. The molecule has 0 saturated heterocycles. The van der Waals surface area contributed by atoms with Crippen LogP contribution in [0.15, 0.2) is 18.2 Å². The van der Waals surface area contributed by atoms with Crippen LogP contribution >= 0.6 is 23.2 Å². The van der Waals surface area contributed by atoms with E-state index in [0.717, 1.165) is 16.9 Å². The molecule has 0 aliphatic heterocycles. The number of nitrogen functional groups attached to an aromatic ring is 1. The fourth-order valence-electron chi connectivity index (χ4n) is 1.95. The van der Waals surface area contributed by atoms with Crippen molar-refractivity contribution in [3.8, 4) is 11.8 Å². The fourth-order valence-corrected chi connectivity index (χ4v) is 2.44. The van der Waals surface area contributed by atoms with Crippen LogP contribution in [0.5, 0.6) is 0 Å². The molecule has 1 aromatic heterocycles. The summed E-state index contributed by atoms with van der Waals surface area (Å²) >= 11 is 12.0. The Morgan fingerprint density at radius 3 is 2.44 bits per heavy atom. The van der Waals surface area contributed by atoms with E-state index in [1.165, 1.54) is 0 Å². The molecule has 0 aliphatic carbocycles. The summed E-state index contributed by atoms with van der Waals surface area (Å²) in [5.74, 6) is 0.400. The number of nitriles is 1. The van der Waals surface area contributed by atoms with Gasteiger partial charge in [-0.25, -0.2) is 0 Å². The minimum absolute atomic E-state index is 0.400. The molecular formula is C13H11Cl2N3. The van der Waals surface area contributed by atoms with Gasteiger partial charge >= 0.3 is 0 Å². The SMILES string of the molecule is Cc1c(C#N)c(N)n(-c2ccc(Cl)cc2Cl)c1C. The van der Waals surface area contributed by atoms with Crippen molar-refractivity contribution in [1.29, 1.82) is 5.26 Å². The maximum atomic E-state index is 9.10. The van der Waals surface area contributed by atoms with E-state index in [0.29, 0.717) is 21.4 Å². The average Bonchev–Trinajstić information content (AvgIpc) is 2.52. The first-order valence-corrected chi connectivity index (χ1v) is 6.06. The van der Waals surface area contributed by atoms with Crippen molar-refractivity contribution in [1.82, 2.24) is 4.57 Å². The Morgan fingerprint density at radius 1 is 1.28 bits per heavy atom. The van der Waals surface area contributed by atoms with E-state index in [1.54, 1.807) is 22.8 Å². The third kappa shape index (κ3) is 1.84. The van der Waals surface area contributed by atoms with Crippen molar-refractivity contribution < 1.29 is 0 Å². The third-order valence-electron chi connectivity index (χ3n) is 3.01. The Labute approximate surface area is 115 Å². The second kappa shape index (κ2) is 4.56. The Kier molecular flexibility index (Phi) is 3.25. The van der Waals surface area contributed by atoms with Crippen LogP contribution in [0.4, 0.5) is 5.82 Å². The highest BCUT2D eigenvalue weighted by atomic mass is 35.5. The van der Waals surface area contributed by atoms with Gasteiger partial charge < -0.3 is 5.73 Å². The van der Waals surface area contributed by atoms with Crippen LogP contribution in [0.3, 0.4) is 0 Å². The van der Waals surface area contributed by atoms with E-state index in [1.807, 2.05) is 13.8 Å². The minimum atomic E-state index is 0.400. The highest BCUT2D eigenvalue weighted by Crippen LogP contribution is 2.32. The topological polar surface area (TPSA) is 54.7 Å². The zero-order chi connectivity index (χ0) is 13.4. The van der Waals surface area contributed by atoms with E-state index < -0.39 is 0 Å². The van der Waals surface area contributed by atoms with Gasteiger partial charge in [-0.1, -0.05) is 23.2 Å². The molecule has 0 amide bonds. The summed E-state index contributed by atoms with van der Waals surface area (Å²) in [5.41, 5.74) is 8.97. The van der Waals surface area contributed by atoms with Gasteiger partial charge in [-0.2, -0.15) is 5.26 Å². The lowest BCUT2D eigenvalue weighted by Crippen LogP contribution is -2.03. The summed E-state index contributed by atoms with van der Waals surface area (Å²) in [6, 6.07) is 7.29. The van der Waals surface area contributed by atoms with Gasteiger partial charge in [0.2, 0.25) is 0 Å². The summed E-state index contributed by atoms with van der Waals surface area (Å²) in [6.45, 7) is 3.77. The first-order chi connectivity index (χ1) is 8.47. The van der Waals surface area contributed by atoms with E-state index >= 15 is 0 Å². The van der Waals surface area contributed by atoms with Crippen LogP contribution in [0.25, 0.3) is 5.69 Å². The van der Waals surface area contributed by atoms with Crippen molar-refractivity contribution in [2.24, 2.45) is 0 Å². The van der Waals surface area contributed by atoms with Crippen LogP contribution in [0.1, 0.15) is 16.8 Å². The highest BCUT2D eigenvalue weighted by molar-refractivity contribution is 6.35. The molecule has 2 N–H and O–H groups in total. The van der Waals surface area contributed by atoms with Crippen molar-refractivity contribution in [3.63, 3.8) is 0 Å². The highest BCUT2D eigenvalue weighted by Gasteiger charge is 2.17. The Morgan fingerprint density at radius 2 is 1.94 bits per heavy atom. The van der Waals surface area contributed by atoms with E-state index in [4.69, 9.17) is 34.2 Å². The molecule has 0 fully saturated rings. The lowest BCUT2D eigenvalue weighted by molar-refractivity contribution is 1.02. The van der Waals surface area contributed by atoms with E-state index in [9.17, 15) is 0 Å². The molecule has 2 rings (SSSR count). The van der Waals surface area contributed by atoms with Gasteiger partial charge in [0.25, 0.3) is 0 Å². The van der Waals surface area contributed by atoms with Crippen LogP contribution < -0.4 is 5.73 Å². The summed E-state index contributed by atoms with van der Waals surface area (Å²) < 4.78 is 1.77. The molecule has 0 spiro atoms. The smallest absolute Gasteiger partial charge is 0.126 e. The zero-order valence-electron chi connectivity index (χ0n) is 9.96. The predicted octanol–water partition coefficient (Wildman–Crippen LogP) is 3.85. The molecule has 1 heterocycles. The number of aromatic nitrogens is 1. The molecule has 0 bridgehead atoms. The van der Waals surface area contributed by atoms with Gasteiger partial charge in [0.15, 0.2) is 0 Å². The van der Waals surface area contributed by atoms with Gasteiger partial charge in [-0.05, 0) is 37.6 Å². The maximum Gasteiger partial charge on any atom is 0.126 e. The quantitative estimate of drug-likeness (QED) is 0.862. The van der Waals surface area contributed by atoms with Gasteiger partial charge in [0, 0.05) is 10.7 Å². The van der Waals surface area contributed by atoms with Gasteiger partial charge in [-0.3, -0.25) is 4.57 Å². The summed E-state index contributed by atoms with van der Waals surface area (Å²) in [7, 11) is 0. The van der Waals surface area contributed by atoms with Gasteiger partial charge in [0.1, 0.15) is 11.9 Å². The largest absolute Gasteiger partial charge is 0.384 e. The second-order valence-electron chi connectivity index (χ2n) is 4.01. The van der Waals surface area contributed by atoms with Crippen molar-refractivity contribution >= 4 is 29.0 Å². The molecule has 1 aromatic carbocycles. The monoisotopic (exact) mass is 279 g/mol. The molecular weight excluding hydrogens is 269 g/mol. The lowest BCUT2D eigenvalue weighted by Gasteiger charge is -2.11. The summed E-state index contributed by atoms with van der Waals surface area (Å²) in [6.07, 6.45) is 0. The molecule has 2 aromatic rings. The number of rotatable bonds is 1. The lowest BCUT2D eigenvalue weighted by atomic mass is 10.2. The molecule has 0 aliphatic rings. The number of benzene rings is 1. The van der Waals surface area contributed by atoms with Crippen molar-refractivity contribution in [2.75, 3.05) is 5.73 Å². The number of nitrogens with zero attached hydrogens (tertiary/aromatic N) is 2. The maximum absolute atomic E-state index is 9.10. The molecule has 5 heteroatoms. The van der Waals surface area contributed by atoms with Crippen LogP contribution in [0.2, 0.25) is 10.0 Å². The average molecular weight is 280 g/mol. The fraction of sp³-hybridized carbons (Fsp3) is 0.154. The first-order valence-electron chi connectivity index (χ1n) is 5.30. The predicted molar refractivity (Wildman–Crippen MR) is 74.4 cm³/mol. The molecule has 0 unspecified atom stereocenters. The minimum Gasteiger partial charge on any atom is -0.384 e. The first kappa shape index (κ1) is 12.8. The van der Waals surface area contributed by atoms with Crippen molar-refractivity contribution in [2.45, 2.75) is 13.8 Å². The number of hydrogen-bond acceptors (Lipinski definition) is 2. The van der Waals surface area contributed by atoms with Gasteiger partial charge in [0.05, 0.1) is 16.3 Å². The van der Waals surface area contributed by atoms with Crippen LogP contribution in [-0.2, 0) is 0 Å². The van der Waals surface area contributed by atoms with Crippen LogP contribution in [-0.4, -0.2) is 4.57 Å². The Hall–Kier alpha value is -1.63.